The maximum Gasteiger partial charge on any atom is 0.191 e. The molecule has 1 aromatic carbocycles. The Morgan fingerprint density at radius 1 is 1.29 bits per heavy atom. The van der Waals surface area contributed by atoms with Gasteiger partial charge in [0, 0.05) is 42.4 Å². The number of rotatable bonds is 7. The predicted octanol–water partition coefficient (Wildman–Crippen LogP) is 3.33. The number of thioether (sulfide) groups is 1. The Morgan fingerprint density at radius 2 is 2.00 bits per heavy atom. The fourth-order valence-corrected chi connectivity index (χ4v) is 3.38. The molecule has 4 nitrogen and oxygen atoms in total. The summed E-state index contributed by atoms with van der Waals surface area (Å²) < 4.78 is 1.14. The van der Waals surface area contributed by atoms with Crippen molar-refractivity contribution in [2.24, 2.45) is 4.99 Å². The maximum absolute atomic E-state index is 4.65. The number of hydrogen-bond acceptors (Lipinski definition) is 3. The lowest BCUT2D eigenvalue weighted by Gasteiger charge is -2.33. The molecule has 0 saturated carbocycles. The molecule has 24 heavy (non-hydrogen) atoms. The van der Waals surface area contributed by atoms with E-state index in [-0.39, 0.29) is 0 Å². The summed E-state index contributed by atoms with van der Waals surface area (Å²) >= 11 is 5.33. The lowest BCUT2D eigenvalue weighted by Crippen LogP contribution is -2.48. The SMILES string of the molecule is CCNC(=NCCSC)NC1CCN(Cc2ccc(Br)cc2)CC1. The molecule has 1 aliphatic rings. The molecule has 0 spiro atoms. The molecule has 0 amide bonds. The van der Waals surface area contributed by atoms with Crippen molar-refractivity contribution in [3.63, 3.8) is 0 Å². The summed E-state index contributed by atoms with van der Waals surface area (Å²) in [5.41, 5.74) is 1.39. The number of guanidine groups is 1. The van der Waals surface area contributed by atoms with Crippen molar-refractivity contribution in [3.8, 4) is 0 Å². The first-order chi connectivity index (χ1) is 11.7. The van der Waals surface area contributed by atoms with E-state index in [4.69, 9.17) is 0 Å². The van der Waals surface area contributed by atoms with E-state index in [0.29, 0.717) is 6.04 Å². The number of halogens is 1. The minimum atomic E-state index is 0.526. The molecule has 0 aliphatic carbocycles. The van der Waals surface area contributed by atoms with Crippen LogP contribution in [0.25, 0.3) is 0 Å². The summed E-state index contributed by atoms with van der Waals surface area (Å²) in [5.74, 6) is 2.04. The smallest absolute Gasteiger partial charge is 0.191 e. The topological polar surface area (TPSA) is 39.7 Å². The molecule has 1 fully saturated rings. The highest BCUT2D eigenvalue weighted by Crippen LogP contribution is 2.16. The predicted molar refractivity (Wildman–Crippen MR) is 110 cm³/mol. The molecular formula is C18H29BrN4S. The molecule has 2 rings (SSSR count). The van der Waals surface area contributed by atoms with Crippen LogP contribution in [0.2, 0.25) is 0 Å². The quantitative estimate of drug-likeness (QED) is 0.409. The molecule has 6 heteroatoms. The van der Waals surface area contributed by atoms with E-state index >= 15 is 0 Å². The zero-order valence-corrected chi connectivity index (χ0v) is 17.1. The second-order valence-corrected chi connectivity index (χ2v) is 7.98. The summed E-state index contributed by atoms with van der Waals surface area (Å²) in [4.78, 5) is 7.19. The van der Waals surface area contributed by atoms with Crippen LogP contribution in [-0.4, -0.2) is 55.1 Å². The Balaban J connectivity index is 1.76. The van der Waals surface area contributed by atoms with Crippen LogP contribution in [0.5, 0.6) is 0 Å². The molecule has 1 aromatic rings. The van der Waals surface area contributed by atoms with Crippen molar-refractivity contribution in [1.82, 2.24) is 15.5 Å². The molecule has 134 valence electrons. The summed E-state index contributed by atoms with van der Waals surface area (Å²) in [6.45, 7) is 7.22. The van der Waals surface area contributed by atoms with E-state index in [1.807, 2.05) is 11.8 Å². The first kappa shape index (κ1) is 19.6. The number of nitrogens with one attached hydrogen (secondary N) is 2. The molecule has 2 N–H and O–H groups in total. The van der Waals surface area contributed by atoms with E-state index in [1.165, 1.54) is 18.4 Å². The van der Waals surface area contributed by atoms with Gasteiger partial charge in [0.25, 0.3) is 0 Å². The highest BCUT2D eigenvalue weighted by Gasteiger charge is 2.19. The van der Waals surface area contributed by atoms with Gasteiger partial charge in [0.05, 0.1) is 6.54 Å². The Morgan fingerprint density at radius 3 is 2.62 bits per heavy atom. The van der Waals surface area contributed by atoms with Crippen LogP contribution in [-0.2, 0) is 6.54 Å². The van der Waals surface area contributed by atoms with Gasteiger partial charge in [-0.2, -0.15) is 11.8 Å². The molecule has 0 bridgehead atoms. The third-order valence-electron chi connectivity index (χ3n) is 4.16. The van der Waals surface area contributed by atoms with Crippen molar-refractivity contribution in [2.45, 2.75) is 32.4 Å². The standard InChI is InChI=1S/C18H29BrN4S/c1-3-20-18(21-10-13-24-2)22-17-8-11-23(12-9-17)14-15-4-6-16(19)7-5-15/h4-7,17H,3,8-14H2,1-2H3,(H2,20,21,22). The minimum Gasteiger partial charge on any atom is -0.357 e. The van der Waals surface area contributed by atoms with Gasteiger partial charge in [-0.15, -0.1) is 0 Å². The number of piperidine rings is 1. The third-order valence-corrected chi connectivity index (χ3v) is 5.28. The van der Waals surface area contributed by atoms with Gasteiger partial charge >= 0.3 is 0 Å². The van der Waals surface area contributed by atoms with Gasteiger partial charge in [-0.05, 0) is 43.7 Å². The number of benzene rings is 1. The molecule has 1 heterocycles. The molecule has 0 aromatic heterocycles. The average Bonchev–Trinajstić information content (AvgIpc) is 2.59. The third kappa shape index (κ3) is 7.03. The lowest BCUT2D eigenvalue weighted by atomic mass is 10.0. The second kappa shape index (κ2) is 11.0. The summed E-state index contributed by atoms with van der Waals surface area (Å²) in [6.07, 6.45) is 4.46. The van der Waals surface area contributed by atoms with E-state index in [9.17, 15) is 0 Å². The zero-order chi connectivity index (χ0) is 17.2. The van der Waals surface area contributed by atoms with Crippen molar-refractivity contribution in [2.75, 3.05) is 38.2 Å². The van der Waals surface area contributed by atoms with E-state index in [0.717, 1.165) is 48.9 Å². The van der Waals surface area contributed by atoms with Gasteiger partial charge < -0.3 is 10.6 Å². The summed E-state index contributed by atoms with van der Waals surface area (Å²) in [5, 5.41) is 6.96. The van der Waals surface area contributed by atoms with Gasteiger partial charge in [-0.3, -0.25) is 9.89 Å². The van der Waals surface area contributed by atoms with Gasteiger partial charge in [-0.1, -0.05) is 28.1 Å². The average molecular weight is 413 g/mol. The zero-order valence-electron chi connectivity index (χ0n) is 14.7. The van der Waals surface area contributed by atoms with Crippen LogP contribution in [0.15, 0.2) is 33.7 Å². The molecule has 1 aliphatic heterocycles. The highest BCUT2D eigenvalue weighted by molar-refractivity contribution is 9.10. The van der Waals surface area contributed by atoms with Crippen molar-refractivity contribution in [3.05, 3.63) is 34.3 Å². The van der Waals surface area contributed by atoms with E-state index in [1.54, 1.807) is 0 Å². The Bertz CT molecular complexity index is 498. The van der Waals surface area contributed by atoms with Crippen LogP contribution < -0.4 is 10.6 Å². The van der Waals surface area contributed by atoms with Gasteiger partial charge in [0.15, 0.2) is 5.96 Å². The Hall–Kier alpha value is -0.720. The number of likely N-dealkylation sites (tertiary alicyclic amines) is 1. The molecule has 0 radical (unpaired) electrons. The fourth-order valence-electron chi connectivity index (χ4n) is 2.85. The van der Waals surface area contributed by atoms with Gasteiger partial charge in [-0.25, -0.2) is 0 Å². The largest absolute Gasteiger partial charge is 0.357 e. The molecule has 0 unspecified atom stereocenters. The Kier molecular flexibility index (Phi) is 8.99. The molecule has 0 atom stereocenters. The van der Waals surface area contributed by atoms with Gasteiger partial charge in [0.1, 0.15) is 0 Å². The Labute approximate surface area is 159 Å². The number of nitrogens with zero attached hydrogens (tertiary/aromatic N) is 2. The van der Waals surface area contributed by atoms with E-state index in [2.05, 4.69) is 73.9 Å². The van der Waals surface area contributed by atoms with Crippen LogP contribution >= 0.6 is 27.7 Å². The van der Waals surface area contributed by atoms with Crippen LogP contribution in [0.4, 0.5) is 0 Å². The summed E-state index contributed by atoms with van der Waals surface area (Å²) in [7, 11) is 0. The van der Waals surface area contributed by atoms with E-state index < -0.39 is 0 Å². The van der Waals surface area contributed by atoms with Crippen molar-refractivity contribution >= 4 is 33.7 Å². The van der Waals surface area contributed by atoms with Crippen LogP contribution in [0.3, 0.4) is 0 Å². The normalized spacial score (nSPS) is 17.0. The van der Waals surface area contributed by atoms with Crippen molar-refractivity contribution in [1.29, 1.82) is 0 Å². The lowest BCUT2D eigenvalue weighted by molar-refractivity contribution is 0.198. The molecule has 1 saturated heterocycles. The summed E-state index contributed by atoms with van der Waals surface area (Å²) in [6, 6.07) is 9.18. The second-order valence-electron chi connectivity index (χ2n) is 6.07. The number of hydrogen-bond donors (Lipinski definition) is 2. The van der Waals surface area contributed by atoms with Crippen LogP contribution in [0, 0.1) is 0 Å². The first-order valence-electron chi connectivity index (χ1n) is 8.72. The highest BCUT2D eigenvalue weighted by atomic mass is 79.9. The fraction of sp³-hybridized carbons (Fsp3) is 0.611. The minimum absolute atomic E-state index is 0.526. The van der Waals surface area contributed by atoms with Crippen molar-refractivity contribution < 1.29 is 0 Å². The maximum atomic E-state index is 4.65. The first-order valence-corrected chi connectivity index (χ1v) is 10.9. The monoisotopic (exact) mass is 412 g/mol. The van der Waals surface area contributed by atoms with Gasteiger partial charge in [0.2, 0.25) is 0 Å². The number of aliphatic imine (C=N–C) groups is 1. The van der Waals surface area contributed by atoms with Crippen LogP contribution in [0.1, 0.15) is 25.3 Å². The molecular weight excluding hydrogens is 384 g/mol.